The minimum Gasteiger partial charge on any atom is -0.480 e. The first-order chi connectivity index (χ1) is 16.6. The molecule has 1 saturated heterocycles. The molecule has 0 saturated carbocycles. The predicted octanol–water partition coefficient (Wildman–Crippen LogP) is -3.63. The van der Waals surface area contributed by atoms with E-state index >= 15 is 0 Å². The lowest BCUT2D eigenvalue weighted by Crippen LogP contribution is -2.57. The standard InChI is InChI=1S/C20H33N9O6/c21-12(9-30)16(31)28-14(7-11-8-24-10-26-11)18(33)29-6-2-4-15(29)17(32)27-13(19(34)35)3-1-5-25-20(22)23/h8,10,12-15,30H,1-7,9,21H2,(H,24,26)(H,27,32)(H,28,31)(H,34,35)(H4,22,23,25). The van der Waals surface area contributed by atoms with Crippen molar-refractivity contribution in [3.05, 3.63) is 18.2 Å². The Kier molecular flexibility index (Phi) is 10.4. The molecular weight excluding hydrogens is 462 g/mol. The average molecular weight is 496 g/mol. The second kappa shape index (κ2) is 13.2. The normalized spacial score (nSPS) is 17.8. The second-order valence-electron chi connectivity index (χ2n) is 8.17. The Morgan fingerprint density at radius 2 is 2.00 bits per heavy atom. The molecule has 11 N–H and O–H groups in total. The quantitative estimate of drug-likeness (QED) is 0.0756. The van der Waals surface area contributed by atoms with Crippen LogP contribution in [-0.4, -0.2) is 98.6 Å². The highest BCUT2D eigenvalue weighted by Gasteiger charge is 2.39. The van der Waals surface area contributed by atoms with Crippen molar-refractivity contribution in [2.24, 2.45) is 22.2 Å². The van der Waals surface area contributed by atoms with Gasteiger partial charge in [0.25, 0.3) is 0 Å². The molecule has 2 heterocycles. The monoisotopic (exact) mass is 495 g/mol. The fraction of sp³-hybridized carbons (Fsp3) is 0.600. The molecule has 0 bridgehead atoms. The summed E-state index contributed by atoms with van der Waals surface area (Å²) in [5, 5.41) is 23.6. The Bertz CT molecular complexity index is 903. The van der Waals surface area contributed by atoms with Crippen molar-refractivity contribution in [3.63, 3.8) is 0 Å². The van der Waals surface area contributed by atoms with Crippen molar-refractivity contribution in [1.82, 2.24) is 25.5 Å². The number of aliphatic hydroxyl groups is 1. The first-order valence-corrected chi connectivity index (χ1v) is 11.2. The fourth-order valence-corrected chi connectivity index (χ4v) is 3.71. The topological polar surface area (TPSA) is 255 Å². The van der Waals surface area contributed by atoms with E-state index in [-0.39, 0.29) is 31.9 Å². The van der Waals surface area contributed by atoms with E-state index in [9.17, 15) is 24.3 Å². The van der Waals surface area contributed by atoms with E-state index in [0.717, 1.165) is 0 Å². The zero-order valence-electron chi connectivity index (χ0n) is 19.2. The number of aromatic nitrogens is 2. The molecule has 0 spiro atoms. The Hall–Kier alpha value is -3.72. The Morgan fingerprint density at radius 3 is 2.60 bits per heavy atom. The van der Waals surface area contributed by atoms with Gasteiger partial charge in [0.15, 0.2) is 5.96 Å². The number of aliphatic hydroxyl groups excluding tert-OH is 1. The van der Waals surface area contributed by atoms with E-state index in [1.54, 1.807) is 0 Å². The van der Waals surface area contributed by atoms with Crippen LogP contribution in [0.3, 0.4) is 0 Å². The van der Waals surface area contributed by atoms with Gasteiger partial charge < -0.3 is 47.9 Å². The summed E-state index contributed by atoms with van der Waals surface area (Å²) in [6, 6.07) is -4.39. The predicted molar refractivity (Wildman–Crippen MR) is 123 cm³/mol. The number of guanidine groups is 1. The molecule has 4 atom stereocenters. The summed E-state index contributed by atoms with van der Waals surface area (Å²) in [7, 11) is 0. The number of H-pyrrole nitrogens is 1. The van der Waals surface area contributed by atoms with Gasteiger partial charge in [0.05, 0.1) is 12.9 Å². The molecule has 1 aromatic heterocycles. The highest BCUT2D eigenvalue weighted by Crippen LogP contribution is 2.20. The van der Waals surface area contributed by atoms with Crippen molar-refractivity contribution >= 4 is 29.7 Å². The van der Waals surface area contributed by atoms with E-state index in [2.05, 4.69) is 25.6 Å². The number of aliphatic imine (C=N–C) groups is 1. The van der Waals surface area contributed by atoms with Crippen LogP contribution in [0.5, 0.6) is 0 Å². The Morgan fingerprint density at radius 1 is 1.26 bits per heavy atom. The van der Waals surface area contributed by atoms with Gasteiger partial charge in [0.1, 0.15) is 24.2 Å². The second-order valence-corrected chi connectivity index (χ2v) is 8.17. The third-order valence-electron chi connectivity index (χ3n) is 5.53. The van der Waals surface area contributed by atoms with Gasteiger partial charge in [-0.05, 0) is 25.7 Å². The van der Waals surface area contributed by atoms with E-state index in [0.29, 0.717) is 25.0 Å². The largest absolute Gasteiger partial charge is 0.480 e. The summed E-state index contributed by atoms with van der Waals surface area (Å²) in [4.78, 5) is 62.1. The van der Waals surface area contributed by atoms with Gasteiger partial charge in [-0.1, -0.05) is 0 Å². The number of carboxylic acid groups (broad SMARTS) is 1. The van der Waals surface area contributed by atoms with Crippen molar-refractivity contribution in [2.45, 2.75) is 56.3 Å². The number of aromatic amines is 1. The smallest absolute Gasteiger partial charge is 0.326 e. The molecule has 3 amide bonds. The molecule has 1 aliphatic rings. The molecular formula is C20H33N9O6. The maximum atomic E-state index is 13.4. The molecule has 1 aromatic rings. The lowest BCUT2D eigenvalue weighted by atomic mass is 10.1. The number of carbonyl (C=O) groups is 4. The Labute approximate surface area is 201 Å². The van der Waals surface area contributed by atoms with Gasteiger partial charge in [-0.25, -0.2) is 9.78 Å². The van der Waals surface area contributed by atoms with Crippen molar-refractivity contribution in [2.75, 3.05) is 19.7 Å². The minimum atomic E-state index is -1.22. The summed E-state index contributed by atoms with van der Waals surface area (Å²) in [6.07, 6.45) is 4.24. The van der Waals surface area contributed by atoms with Gasteiger partial charge in [-0.3, -0.25) is 19.4 Å². The molecule has 15 nitrogen and oxygen atoms in total. The van der Waals surface area contributed by atoms with Crippen molar-refractivity contribution in [1.29, 1.82) is 0 Å². The maximum absolute atomic E-state index is 13.4. The lowest BCUT2D eigenvalue weighted by Gasteiger charge is -2.29. The van der Waals surface area contributed by atoms with Crippen LogP contribution >= 0.6 is 0 Å². The average Bonchev–Trinajstić information content (AvgIpc) is 3.51. The highest BCUT2D eigenvalue weighted by atomic mass is 16.4. The molecule has 2 rings (SSSR count). The SMILES string of the molecule is NC(N)=NCCCC(NC(=O)C1CCCN1C(=O)C(Cc1cnc[nH]1)NC(=O)C(N)CO)C(=O)O. The van der Waals surface area contributed by atoms with E-state index in [4.69, 9.17) is 22.3 Å². The summed E-state index contributed by atoms with van der Waals surface area (Å²) >= 11 is 0. The first-order valence-electron chi connectivity index (χ1n) is 11.2. The number of carbonyl (C=O) groups excluding carboxylic acids is 3. The van der Waals surface area contributed by atoms with Crippen LogP contribution < -0.4 is 27.8 Å². The first kappa shape index (κ1) is 27.5. The van der Waals surface area contributed by atoms with Crippen LogP contribution in [-0.2, 0) is 25.6 Å². The van der Waals surface area contributed by atoms with Gasteiger partial charge in [-0.2, -0.15) is 0 Å². The van der Waals surface area contributed by atoms with Crippen molar-refractivity contribution < 1.29 is 29.4 Å². The zero-order valence-corrected chi connectivity index (χ0v) is 19.2. The number of rotatable bonds is 13. The summed E-state index contributed by atoms with van der Waals surface area (Å²) < 4.78 is 0. The minimum absolute atomic E-state index is 0.0517. The number of nitrogens with two attached hydrogens (primary N) is 3. The van der Waals surface area contributed by atoms with Gasteiger partial charge >= 0.3 is 5.97 Å². The number of hydrogen-bond acceptors (Lipinski definition) is 8. The molecule has 1 aliphatic heterocycles. The number of nitrogens with zero attached hydrogens (tertiary/aromatic N) is 3. The highest BCUT2D eigenvalue weighted by molar-refractivity contribution is 5.94. The van der Waals surface area contributed by atoms with E-state index in [1.807, 2.05) is 0 Å². The number of amides is 3. The van der Waals surface area contributed by atoms with E-state index < -0.39 is 54.5 Å². The maximum Gasteiger partial charge on any atom is 0.326 e. The van der Waals surface area contributed by atoms with Crippen LogP contribution in [0.15, 0.2) is 17.5 Å². The van der Waals surface area contributed by atoms with Gasteiger partial charge in [0.2, 0.25) is 17.7 Å². The number of imidazole rings is 1. The molecule has 15 heteroatoms. The van der Waals surface area contributed by atoms with Crippen LogP contribution in [0, 0.1) is 0 Å². The van der Waals surface area contributed by atoms with E-state index in [1.165, 1.54) is 17.4 Å². The third kappa shape index (κ3) is 8.22. The van der Waals surface area contributed by atoms with Crippen LogP contribution in [0.1, 0.15) is 31.4 Å². The number of carboxylic acids is 1. The summed E-state index contributed by atoms with van der Waals surface area (Å²) in [6.45, 7) is -0.146. The summed E-state index contributed by atoms with van der Waals surface area (Å²) in [5.41, 5.74) is 16.6. The molecule has 0 aliphatic carbocycles. The number of nitrogens with one attached hydrogen (secondary N) is 3. The molecule has 194 valence electrons. The lowest BCUT2D eigenvalue weighted by molar-refractivity contribution is -0.145. The number of hydrogen-bond donors (Lipinski definition) is 8. The molecule has 35 heavy (non-hydrogen) atoms. The summed E-state index contributed by atoms with van der Waals surface area (Å²) in [5.74, 6) is -3.20. The Balaban J connectivity index is 2.10. The van der Waals surface area contributed by atoms with Crippen LogP contribution in [0.2, 0.25) is 0 Å². The number of aliphatic carboxylic acids is 1. The van der Waals surface area contributed by atoms with Crippen LogP contribution in [0.25, 0.3) is 0 Å². The molecule has 0 radical (unpaired) electrons. The third-order valence-corrected chi connectivity index (χ3v) is 5.53. The molecule has 4 unspecified atom stereocenters. The zero-order chi connectivity index (χ0) is 26.0. The number of likely N-dealkylation sites (tertiary alicyclic amines) is 1. The molecule has 1 fully saturated rings. The fourth-order valence-electron chi connectivity index (χ4n) is 3.71. The van der Waals surface area contributed by atoms with Gasteiger partial charge in [-0.15, -0.1) is 0 Å². The van der Waals surface area contributed by atoms with Gasteiger partial charge in [0, 0.05) is 31.4 Å². The van der Waals surface area contributed by atoms with Crippen LogP contribution in [0.4, 0.5) is 0 Å². The van der Waals surface area contributed by atoms with Crippen molar-refractivity contribution in [3.8, 4) is 0 Å². The molecule has 0 aromatic carbocycles.